The number of urea groups is 1. The molecule has 3 amide bonds. The maximum absolute atomic E-state index is 14.5. The zero-order chi connectivity index (χ0) is 22.2. The third-order valence-electron chi connectivity index (χ3n) is 4.62. The molecule has 11 heteroatoms. The summed E-state index contributed by atoms with van der Waals surface area (Å²) in [6, 6.07) is 4.37. The molecule has 1 aliphatic heterocycles. The van der Waals surface area contributed by atoms with Gasteiger partial charge in [-0.15, -0.1) is 0 Å². The Hall–Kier alpha value is -3.50. The van der Waals surface area contributed by atoms with Gasteiger partial charge in [-0.05, 0) is 24.3 Å². The van der Waals surface area contributed by atoms with E-state index >= 15 is 0 Å². The Labute approximate surface area is 168 Å². The lowest BCUT2D eigenvalue weighted by molar-refractivity contribution is -0.137. The summed E-state index contributed by atoms with van der Waals surface area (Å²) in [6.07, 6.45) is -4.52. The van der Waals surface area contributed by atoms with Crippen LogP contribution in [0.25, 0.3) is 0 Å². The average Bonchev–Trinajstić information content (AvgIpc) is 2.98. The number of ether oxygens (including phenoxy) is 2. The largest absolute Gasteiger partial charge is 0.494 e. The number of alkyl halides is 3. The number of carbonyl (C=O) groups excluding carboxylic acids is 2. The fourth-order valence-corrected chi connectivity index (χ4v) is 3.00. The molecule has 0 aromatic heterocycles. The van der Waals surface area contributed by atoms with Gasteiger partial charge in [-0.25, -0.2) is 9.18 Å². The maximum Gasteiger partial charge on any atom is 0.416 e. The van der Waals surface area contributed by atoms with Crippen molar-refractivity contribution in [3.8, 4) is 17.2 Å². The summed E-state index contributed by atoms with van der Waals surface area (Å²) in [6.45, 7) is -0.0909. The van der Waals surface area contributed by atoms with Crippen molar-refractivity contribution >= 4 is 17.6 Å². The second-order valence-corrected chi connectivity index (χ2v) is 6.50. The van der Waals surface area contributed by atoms with Crippen molar-refractivity contribution in [2.24, 2.45) is 5.73 Å². The molecule has 30 heavy (non-hydrogen) atoms. The first-order valence-electron chi connectivity index (χ1n) is 8.59. The van der Waals surface area contributed by atoms with Crippen LogP contribution in [0.2, 0.25) is 0 Å². The fourth-order valence-electron chi connectivity index (χ4n) is 3.00. The number of halogens is 4. The Kier molecular flexibility index (Phi) is 5.47. The molecule has 2 N–H and O–H groups in total. The summed E-state index contributed by atoms with van der Waals surface area (Å²) in [5, 5.41) is 0. The monoisotopic (exact) mass is 427 g/mol. The van der Waals surface area contributed by atoms with Crippen LogP contribution in [0.15, 0.2) is 36.4 Å². The van der Waals surface area contributed by atoms with Crippen molar-refractivity contribution in [1.29, 1.82) is 0 Å². The van der Waals surface area contributed by atoms with Gasteiger partial charge in [-0.1, -0.05) is 0 Å². The van der Waals surface area contributed by atoms with Gasteiger partial charge in [0.25, 0.3) is 0 Å². The highest BCUT2D eigenvalue weighted by molar-refractivity contribution is 6.01. The SMILES string of the molecule is COc1cc(F)c(Oc2ccc(C(F)(F)F)cc2)cc1N1CC(C(N)=O)N(C)C1=O. The van der Waals surface area contributed by atoms with Crippen LogP contribution in [0.5, 0.6) is 17.2 Å². The number of hydrogen-bond donors (Lipinski definition) is 1. The molecule has 1 heterocycles. The van der Waals surface area contributed by atoms with Crippen LogP contribution >= 0.6 is 0 Å². The lowest BCUT2D eigenvalue weighted by Gasteiger charge is -2.20. The fraction of sp³-hybridized carbons (Fsp3) is 0.263. The summed E-state index contributed by atoms with van der Waals surface area (Å²) in [4.78, 5) is 26.4. The van der Waals surface area contributed by atoms with Crippen molar-refractivity contribution in [3.05, 3.63) is 47.8 Å². The van der Waals surface area contributed by atoms with Crippen molar-refractivity contribution in [2.75, 3.05) is 25.6 Å². The van der Waals surface area contributed by atoms with E-state index in [0.717, 1.165) is 35.2 Å². The first-order valence-corrected chi connectivity index (χ1v) is 8.59. The predicted octanol–water partition coefficient (Wildman–Crippen LogP) is 3.37. The van der Waals surface area contributed by atoms with Crippen LogP contribution in [0, 0.1) is 5.82 Å². The third-order valence-corrected chi connectivity index (χ3v) is 4.62. The standard InChI is InChI=1S/C19H17F4N3O4/c1-25-14(17(24)27)9-26(18(25)28)13-8-15(12(20)7-16(13)29-2)30-11-5-3-10(4-6-11)19(21,22)23/h3-8,14H,9H2,1-2H3,(H2,24,27). The number of primary amides is 1. The molecule has 2 aromatic carbocycles. The minimum absolute atomic E-state index is 0.000797. The molecular formula is C19H17F4N3O4. The number of rotatable bonds is 5. The van der Waals surface area contributed by atoms with Crippen LogP contribution in [-0.2, 0) is 11.0 Å². The molecule has 0 aliphatic carbocycles. The van der Waals surface area contributed by atoms with Gasteiger partial charge in [0.2, 0.25) is 5.91 Å². The Morgan fingerprint density at radius 1 is 1.17 bits per heavy atom. The molecule has 1 unspecified atom stereocenters. The van der Waals surface area contributed by atoms with E-state index in [4.69, 9.17) is 15.2 Å². The number of likely N-dealkylation sites (N-methyl/N-ethyl adjacent to an activating group) is 1. The van der Waals surface area contributed by atoms with Crippen molar-refractivity contribution < 1.29 is 36.6 Å². The first kappa shape index (κ1) is 21.2. The predicted molar refractivity (Wildman–Crippen MR) is 98.0 cm³/mol. The molecule has 7 nitrogen and oxygen atoms in total. The van der Waals surface area contributed by atoms with Gasteiger partial charge in [0.05, 0.1) is 24.9 Å². The number of nitrogens with zero attached hydrogens (tertiary/aromatic N) is 2. The number of hydrogen-bond acceptors (Lipinski definition) is 4. The number of carbonyl (C=O) groups is 2. The third kappa shape index (κ3) is 3.95. The highest BCUT2D eigenvalue weighted by atomic mass is 19.4. The number of methoxy groups -OCH3 is 1. The van der Waals surface area contributed by atoms with E-state index in [2.05, 4.69) is 0 Å². The Morgan fingerprint density at radius 3 is 2.30 bits per heavy atom. The summed E-state index contributed by atoms with van der Waals surface area (Å²) in [5.41, 5.74) is 4.54. The summed E-state index contributed by atoms with van der Waals surface area (Å²) < 4.78 is 63.0. The van der Waals surface area contributed by atoms with Crippen LogP contribution in [0.3, 0.4) is 0 Å². The topological polar surface area (TPSA) is 85.1 Å². The zero-order valence-corrected chi connectivity index (χ0v) is 15.9. The van der Waals surface area contributed by atoms with E-state index < -0.39 is 35.5 Å². The highest BCUT2D eigenvalue weighted by Gasteiger charge is 2.40. The summed E-state index contributed by atoms with van der Waals surface area (Å²) >= 11 is 0. The van der Waals surface area contributed by atoms with Crippen molar-refractivity contribution in [2.45, 2.75) is 12.2 Å². The van der Waals surface area contributed by atoms with Crippen LogP contribution < -0.4 is 20.1 Å². The molecule has 3 rings (SSSR count). The van der Waals surface area contributed by atoms with E-state index in [1.807, 2.05) is 0 Å². The molecule has 1 atom stereocenters. The summed E-state index contributed by atoms with van der Waals surface area (Å²) in [5.74, 6) is -1.96. The van der Waals surface area contributed by atoms with E-state index in [0.29, 0.717) is 0 Å². The molecule has 0 spiro atoms. The highest BCUT2D eigenvalue weighted by Crippen LogP contribution is 2.39. The van der Waals surface area contributed by atoms with Gasteiger partial charge >= 0.3 is 12.2 Å². The van der Waals surface area contributed by atoms with Gasteiger partial charge in [-0.3, -0.25) is 9.69 Å². The molecule has 160 valence electrons. The van der Waals surface area contributed by atoms with Crippen LogP contribution in [0.4, 0.5) is 28.0 Å². The van der Waals surface area contributed by atoms with Crippen LogP contribution in [0.1, 0.15) is 5.56 Å². The number of amides is 3. The van der Waals surface area contributed by atoms with Gasteiger partial charge in [-0.2, -0.15) is 13.2 Å². The van der Waals surface area contributed by atoms with E-state index in [9.17, 15) is 27.2 Å². The zero-order valence-electron chi connectivity index (χ0n) is 15.9. The van der Waals surface area contributed by atoms with E-state index in [1.54, 1.807) is 0 Å². The minimum Gasteiger partial charge on any atom is -0.494 e. The van der Waals surface area contributed by atoms with Gasteiger partial charge < -0.3 is 20.1 Å². The van der Waals surface area contributed by atoms with Crippen LogP contribution in [-0.4, -0.2) is 43.6 Å². The minimum atomic E-state index is -4.52. The van der Waals surface area contributed by atoms with E-state index in [1.165, 1.54) is 25.1 Å². The Morgan fingerprint density at radius 2 is 1.80 bits per heavy atom. The quantitative estimate of drug-likeness (QED) is 0.742. The maximum atomic E-state index is 14.5. The lowest BCUT2D eigenvalue weighted by atomic mass is 10.2. The van der Waals surface area contributed by atoms with Gasteiger partial charge in [0, 0.05) is 19.2 Å². The Balaban J connectivity index is 1.94. The second kappa shape index (κ2) is 7.73. The second-order valence-electron chi connectivity index (χ2n) is 6.50. The average molecular weight is 427 g/mol. The van der Waals surface area contributed by atoms with Gasteiger partial charge in [0.1, 0.15) is 17.5 Å². The molecule has 1 saturated heterocycles. The molecule has 0 bridgehead atoms. The number of anilines is 1. The van der Waals surface area contributed by atoms with Crippen molar-refractivity contribution in [1.82, 2.24) is 4.90 Å². The summed E-state index contributed by atoms with van der Waals surface area (Å²) in [7, 11) is 2.66. The molecule has 2 aromatic rings. The van der Waals surface area contributed by atoms with Gasteiger partial charge in [0.15, 0.2) is 11.6 Å². The smallest absolute Gasteiger partial charge is 0.416 e. The molecular weight excluding hydrogens is 410 g/mol. The molecule has 0 radical (unpaired) electrons. The Bertz CT molecular complexity index is 979. The van der Waals surface area contributed by atoms with E-state index in [-0.39, 0.29) is 29.5 Å². The molecule has 1 aliphatic rings. The van der Waals surface area contributed by atoms with Crippen molar-refractivity contribution in [3.63, 3.8) is 0 Å². The number of nitrogens with two attached hydrogens (primary N) is 1. The lowest BCUT2D eigenvalue weighted by Crippen LogP contribution is -2.40. The molecule has 1 fully saturated rings. The molecule has 0 saturated carbocycles. The first-order chi connectivity index (χ1) is 14.0. The normalized spacial score (nSPS) is 16.7. The number of benzene rings is 2.